The first-order valence-corrected chi connectivity index (χ1v) is 9.91. The smallest absolute Gasteiger partial charge is 0.209 e. The van der Waals surface area contributed by atoms with Crippen LogP contribution in [0.25, 0.3) is 0 Å². The summed E-state index contributed by atoms with van der Waals surface area (Å²) in [6.45, 7) is 3.74. The number of hydrogen-bond acceptors (Lipinski definition) is 6. The number of rotatable bonds is 6. The quantitative estimate of drug-likeness (QED) is 0.648. The van der Waals surface area contributed by atoms with Crippen molar-refractivity contribution in [2.45, 2.75) is 24.3 Å². The highest BCUT2D eigenvalue weighted by atomic mass is 32.2. The number of sulfonamides is 1. The van der Waals surface area contributed by atoms with E-state index in [-0.39, 0.29) is 10.6 Å². The third kappa shape index (κ3) is 5.90. The van der Waals surface area contributed by atoms with Crippen LogP contribution in [0.3, 0.4) is 0 Å². The normalized spacial score (nSPS) is 13.1. The minimum atomic E-state index is -3.32. The molecule has 9 heteroatoms. The van der Waals surface area contributed by atoms with Crippen molar-refractivity contribution < 1.29 is 16.8 Å². The fourth-order valence-electron chi connectivity index (χ4n) is 1.79. The number of nitrogens with two attached hydrogens (primary N) is 1. The maximum atomic E-state index is 11.4. The molecule has 0 bridgehead atoms. The molecule has 1 rings (SSSR count). The predicted molar refractivity (Wildman–Crippen MR) is 84.5 cm³/mol. The van der Waals surface area contributed by atoms with Gasteiger partial charge in [-0.25, -0.2) is 21.6 Å². The highest BCUT2D eigenvalue weighted by Gasteiger charge is 2.22. The molecule has 0 amide bonds. The first kappa shape index (κ1) is 17.7. The molecule has 0 aliphatic carbocycles. The maximum absolute atomic E-state index is 11.4. The van der Waals surface area contributed by atoms with E-state index in [2.05, 4.69) is 10.0 Å². The summed E-state index contributed by atoms with van der Waals surface area (Å²) in [5.74, 6) is 0. The summed E-state index contributed by atoms with van der Waals surface area (Å²) in [4.78, 5) is 0.138. The molecule has 120 valence electrons. The molecule has 0 spiro atoms. The summed E-state index contributed by atoms with van der Waals surface area (Å²) < 4.78 is 47.8. The Labute approximate surface area is 125 Å². The first-order chi connectivity index (χ1) is 9.30. The number of nitrogens with one attached hydrogen (secondary N) is 2. The van der Waals surface area contributed by atoms with Crippen LogP contribution in [0, 0.1) is 0 Å². The van der Waals surface area contributed by atoms with Crippen LogP contribution in [0.2, 0.25) is 0 Å². The Morgan fingerprint density at radius 3 is 2.14 bits per heavy atom. The van der Waals surface area contributed by atoms with E-state index < -0.39 is 25.4 Å². The number of hydrogen-bond donors (Lipinski definition) is 3. The molecule has 0 atom stereocenters. The van der Waals surface area contributed by atoms with Crippen molar-refractivity contribution >= 4 is 31.2 Å². The van der Waals surface area contributed by atoms with Gasteiger partial charge in [0.2, 0.25) is 10.0 Å². The van der Waals surface area contributed by atoms with Crippen LogP contribution in [-0.4, -0.2) is 41.4 Å². The molecule has 21 heavy (non-hydrogen) atoms. The fourth-order valence-corrected chi connectivity index (χ4v) is 3.52. The summed E-state index contributed by atoms with van der Waals surface area (Å²) >= 11 is 0. The van der Waals surface area contributed by atoms with Gasteiger partial charge in [0.25, 0.3) is 0 Å². The summed E-state index contributed by atoms with van der Waals surface area (Å²) in [6.07, 6.45) is 2.19. The van der Waals surface area contributed by atoms with E-state index in [4.69, 9.17) is 5.73 Å². The van der Waals surface area contributed by atoms with Crippen LogP contribution in [0.5, 0.6) is 0 Å². The molecule has 7 nitrogen and oxygen atoms in total. The molecule has 0 fully saturated rings. The minimum absolute atomic E-state index is 0.138. The average molecular weight is 335 g/mol. The van der Waals surface area contributed by atoms with E-state index in [1.807, 2.05) is 0 Å². The lowest BCUT2D eigenvalue weighted by molar-refractivity contribution is 0.476. The van der Waals surface area contributed by atoms with Gasteiger partial charge in [-0.2, -0.15) is 0 Å². The van der Waals surface area contributed by atoms with Crippen molar-refractivity contribution in [2.24, 2.45) is 0 Å². The molecular formula is C12H21N3O4S2. The monoisotopic (exact) mass is 335 g/mol. The lowest BCUT2D eigenvalue weighted by Crippen LogP contribution is -2.47. The van der Waals surface area contributed by atoms with Crippen LogP contribution in [0.15, 0.2) is 23.1 Å². The molecule has 0 aliphatic heterocycles. The molecule has 1 aromatic rings. The van der Waals surface area contributed by atoms with Crippen LogP contribution < -0.4 is 15.8 Å². The van der Waals surface area contributed by atoms with Gasteiger partial charge in [-0.3, -0.25) is 0 Å². The third-order valence-corrected chi connectivity index (χ3v) is 4.67. The Balaban J connectivity index is 2.86. The standard InChI is InChI=1S/C12H21N3O4S2/c1-12(2,15-21(4,18)19)8-14-11-6-5-9(7-10(11)13)20(3,16)17/h5-7,14-15H,8,13H2,1-4H3. The van der Waals surface area contributed by atoms with Gasteiger partial charge in [-0.1, -0.05) is 0 Å². The van der Waals surface area contributed by atoms with Gasteiger partial charge in [-0.15, -0.1) is 0 Å². The van der Waals surface area contributed by atoms with Crippen molar-refractivity contribution in [3.63, 3.8) is 0 Å². The first-order valence-electron chi connectivity index (χ1n) is 6.13. The van der Waals surface area contributed by atoms with Crippen LogP contribution in [0.1, 0.15) is 13.8 Å². The number of nitrogen functional groups attached to an aromatic ring is 1. The summed E-state index contributed by atoms with van der Waals surface area (Å²) in [5.41, 5.74) is 5.93. The maximum Gasteiger partial charge on any atom is 0.209 e. The molecule has 0 unspecified atom stereocenters. The molecular weight excluding hydrogens is 314 g/mol. The van der Waals surface area contributed by atoms with E-state index in [0.29, 0.717) is 12.2 Å². The van der Waals surface area contributed by atoms with Crippen molar-refractivity contribution in [2.75, 3.05) is 30.1 Å². The molecule has 1 aromatic carbocycles. The molecule has 0 radical (unpaired) electrons. The third-order valence-electron chi connectivity index (χ3n) is 2.63. The van der Waals surface area contributed by atoms with Gasteiger partial charge in [0, 0.05) is 18.3 Å². The SMILES string of the molecule is CC(C)(CNc1ccc(S(C)(=O)=O)cc1N)NS(C)(=O)=O. The van der Waals surface area contributed by atoms with E-state index in [1.54, 1.807) is 19.9 Å². The highest BCUT2D eigenvalue weighted by Crippen LogP contribution is 2.23. The van der Waals surface area contributed by atoms with Crippen molar-refractivity contribution in [1.82, 2.24) is 4.72 Å². The molecule has 0 saturated carbocycles. The van der Waals surface area contributed by atoms with Crippen molar-refractivity contribution in [3.8, 4) is 0 Å². The second-order valence-corrected chi connectivity index (χ2v) is 9.40. The predicted octanol–water partition coefficient (Wildman–Crippen LogP) is 0.412. The Kier molecular flexibility index (Phi) is 4.91. The van der Waals surface area contributed by atoms with Crippen LogP contribution >= 0.6 is 0 Å². The van der Waals surface area contributed by atoms with Crippen molar-refractivity contribution in [1.29, 1.82) is 0 Å². The fraction of sp³-hybridized carbons (Fsp3) is 0.500. The van der Waals surface area contributed by atoms with Gasteiger partial charge in [0.15, 0.2) is 9.84 Å². The van der Waals surface area contributed by atoms with Crippen molar-refractivity contribution in [3.05, 3.63) is 18.2 Å². The molecule has 0 aromatic heterocycles. The Bertz CT molecular complexity index is 725. The zero-order chi connectivity index (χ0) is 16.5. The summed E-state index contributed by atoms with van der Waals surface area (Å²) in [6, 6.07) is 4.38. The van der Waals surface area contributed by atoms with Crippen LogP contribution in [0.4, 0.5) is 11.4 Å². The number of sulfone groups is 1. The molecule has 4 N–H and O–H groups in total. The van der Waals surface area contributed by atoms with Gasteiger partial charge < -0.3 is 11.1 Å². The van der Waals surface area contributed by atoms with E-state index >= 15 is 0 Å². The second kappa shape index (κ2) is 5.82. The lowest BCUT2D eigenvalue weighted by Gasteiger charge is -2.26. The molecule has 0 heterocycles. The minimum Gasteiger partial charge on any atom is -0.397 e. The largest absolute Gasteiger partial charge is 0.397 e. The number of anilines is 2. The lowest BCUT2D eigenvalue weighted by atomic mass is 10.1. The van der Waals surface area contributed by atoms with E-state index in [9.17, 15) is 16.8 Å². The molecule has 0 aliphatic rings. The van der Waals surface area contributed by atoms with E-state index in [0.717, 1.165) is 12.5 Å². The zero-order valence-corrected chi connectivity index (χ0v) is 14.1. The van der Waals surface area contributed by atoms with Crippen LogP contribution in [-0.2, 0) is 19.9 Å². The number of benzene rings is 1. The average Bonchev–Trinajstić information content (AvgIpc) is 2.22. The zero-order valence-electron chi connectivity index (χ0n) is 12.5. The van der Waals surface area contributed by atoms with Gasteiger partial charge in [0.1, 0.15) is 0 Å². The second-order valence-electron chi connectivity index (χ2n) is 5.63. The topological polar surface area (TPSA) is 118 Å². The summed E-state index contributed by atoms with van der Waals surface area (Å²) in [5, 5.41) is 3.01. The highest BCUT2D eigenvalue weighted by molar-refractivity contribution is 7.90. The Morgan fingerprint density at radius 1 is 1.14 bits per heavy atom. The van der Waals surface area contributed by atoms with Gasteiger partial charge >= 0.3 is 0 Å². The van der Waals surface area contributed by atoms with E-state index in [1.165, 1.54) is 12.1 Å². The Hall–Kier alpha value is -1.32. The molecule has 0 saturated heterocycles. The summed E-state index contributed by atoms with van der Waals surface area (Å²) in [7, 11) is -6.63. The van der Waals surface area contributed by atoms with Gasteiger partial charge in [0.05, 0.1) is 22.5 Å². The van der Waals surface area contributed by atoms with Gasteiger partial charge in [-0.05, 0) is 32.0 Å². The Morgan fingerprint density at radius 2 is 1.71 bits per heavy atom.